The van der Waals surface area contributed by atoms with Crippen LogP contribution in [0.4, 0.5) is 0 Å². The molecule has 0 aromatic heterocycles. The summed E-state index contributed by atoms with van der Waals surface area (Å²) in [4.78, 5) is 0. The maximum absolute atomic E-state index is 4.83. The number of unbranched alkanes of at least 4 members (excludes halogenated alkanes) is 3. The van der Waals surface area contributed by atoms with Crippen LogP contribution in [0, 0.1) is 0 Å². The highest BCUT2D eigenvalue weighted by atomic mass is 32.4. The zero-order chi connectivity index (χ0) is 6.24. The van der Waals surface area contributed by atoms with Gasteiger partial charge in [-0.3, -0.25) is 0 Å². The van der Waals surface area contributed by atoms with Crippen molar-refractivity contribution >= 4 is 19.2 Å². The molecule has 0 radical (unpaired) electrons. The second-order valence-electron chi connectivity index (χ2n) is 1.95. The van der Waals surface area contributed by atoms with E-state index in [1.807, 2.05) is 0 Å². The zero-order valence-corrected chi connectivity index (χ0v) is 7.26. The molecule has 0 aromatic rings. The monoisotopic (exact) mass is 149 g/mol. The summed E-state index contributed by atoms with van der Waals surface area (Å²) in [5, 5.41) is 0. The van der Waals surface area contributed by atoms with E-state index in [0.717, 1.165) is 7.36 Å². The molecule has 0 spiro atoms. The summed E-state index contributed by atoms with van der Waals surface area (Å²) >= 11 is 4.83. The lowest BCUT2D eigenvalue weighted by atomic mass is 10.2. The van der Waals surface area contributed by atoms with Crippen molar-refractivity contribution in [2.75, 3.05) is 6.16 Å². The van der Waals surface area contributed by atoms with Crippen LogP contribution >= 0.6 is 7.36 Å². The van der Waals surface area contributed by atoms with Crippen molar-refractivity contribution in [1.82, 2.24) is 0 Å². The second-order valence-corrected chi connectivity index (χ2v) is 3.61. The molecule has 0 rings (SSSR count). The second kappa shape index (κ2) is 7.52. The maximum Gasteiger partial charge on any atom is 0.160 e. The maximum atomic E-state index is 4.83. The SMILES string of the molecule is CCCCCC[PH+]=S. The van der Waals surface area contributed by atoms with E-state index in [0.29, 0.717) is 0 Å². The molecule has 0 aromatic carbocycles. The van der Waals surface area contributed by atoms with Crippen LogP contribution in [-0.4, -0.2) is 6.16 Å². The van der Waals surface area contributed by atoms with Crippen LogP contribution < -0.4 is 0 Å². The Labute approximate surface area is 58.5 Å². The molecular formula is C6H14PS+. The fourth-order valence-corrected chi connectivity index (χ4v) is 1.45. The molecule has 0 bridgehead atoms. The van der Waals surface area contributed by atoms with Crippen molar-refractivity contribution in [3.63, 3.8) is 0 Å². The normalized spacial score (nSPS) is 10.1. The van der Waals surface area contributed by atoms with Gasteiger partial charge in [-0.25, -0.2) is 0 Å². The van der Waals surface area contributed by atoms with Gasteiger partial charge in [-0.15, -0.1) is 0 Å². The van der Waals surface area contributed by atoms with Crippen LogP contribution in [0.25, 0.3) is 0 Å². The summed E-state index contributed by atoms with van der Waals surface area (Å²) in [5.74, 6) is 0. The Morgan fingerprint density at radius 1 is 1.25 bits per heavy atom. The number of hydrogen-bond acceptors (Lipinski definition) is 1. The van der Waals surface area contributed by atoms with Crippen LogP contribution in [0.1, 0.15) is 32.6 Å². The van der Waals surface area contributed by atoms with Crippen LogP contribution in [-0.2, 0) is 11.8 Å². The number of rotatable bonds is 5. The van der Waals surface area contributed by atoms with Gasteiger partial charge in [0.1, 0.15) is 6.16 Å². The van der Waals surface area contributed by atoms with Crippen LogP contribution in [0.5, 0.6) is 0 Å². The molecule has 0 aliphatic rings. The highest BCUT2D eigenvalue weighted by Crippen LogP contribution is 2.03. The van der Waals surface area contributed by atoms with Crippen molar-refractivity contribution in [2.45, 2.75) is 32.6 Å². The Bertz CT molecular complexity index is 54.5. The average molecular weight is 149 g/mol. The highest BCUT2D eigenvalue weighted by Gasteiger charge is 1.87. The molecule has 0 nitrogen and oxygen atoms in total. The molecule has 2 heteroatoms. The molecule has 0 aliphatic carbocycles. The Balaban J connectivity index is 2.62. The van der Waals surface area contributed by atoms with Gasteiger partial charge in [-0.1, -0.05) is 19.8 Å². The first kappa shape index (κ1) is 8.52. The van der Waals surface area contributed by atoms with E-state index in [1.54, 1.807) is 0 Å². The van der Waals surface area contributed by atoms with Crippen LogP contribution in [0.2, 0.25) is 0 Å². The third-order valence-electron chi connectivity index (χ3n) is 1.13. The molecule has 1 atom stereocenters. The summed E-state index contributed by atoms with van der Waals surface area (Å²) in [7, 11) is 0.752. The van der Waals surface area contributed by atoms with E-state index in [2.05, 4.69) is 6.92 Å². The van der Waals surface area contributed by atoms with Gasteiger partial charge < -0.3 is 0 Å². The summed E-state index contributed by atoms with van der Waals surface area (Å²) < 4.78 is 0. The summed E-state index contributed by atoms with van der Waals surface area (Å²) in [6.45, 7) is 2.23. The first-order chi connectivity index (χ1) is 3.91. The van der Waals surface area contributed by atoms with Gasteiger partial charge in [-0.2, -0.15) is 0 Å². The Kier molecular flexibility index (Phi) is 8.01. The largest absolute Gasteiger partial charge is 0.160 e. The fourth-order valence-electron chi connectivity index (χ4n) is 0.624. The van der Waals surface area contributed by atoms with Gasteiger partial charge in [0.05, 0.1) is 0 Å². The van der Waals surface area contributed by atoms with Crippen molar-refractivity contribution in [2.24, 2.45) is 0 Å². The van der Waals surface area contributed by atoms with Gasteiger partial charge in [-0.05, 0) is 12.8 Å². The van der Waals surface area contributed by atoms with E-state index in [1.165, 1.54) is 31.8 Å². The van der Waals surface area contributed by atoms with Gasteiger partial charge in [0.15, 0.2) is 19.2 Å². The smallest absolute Gasteiger partial charge is 0.0654 e. The fraction of sp³-hybridized carbons (Fsp3) is 1.00. The summed E-state index contributed by atoms with van der Waals surface area (Å²) in [6, 6.07) is 0. The quantitative estimate of drug-likeness (QED) is 0.428. The Hall–Kier alpha value is 0.520. The molecule has 0 heterocycles. The predicted molar refractivity (Wildman–Crippen MR) is 44.7 cm³/mol. The molecule has 8 heavy (non-hydrogen) atoms. The molecular weight excluding hydrogens is 135 g/mol. The molecule has 48 valence electrons. The standard InChI is InChI=1S/C6H13PS/c1-2-3-4-5-6-7-8/h2-6H2,1H3/p+1. The predicted octanol–water partition coefficient (Wildman–Crippen LogP) is 2.71. The topological polar surface area (TPSA) is 0 Å². The lowest BCUT2D eigenvalue weighted by molar-refractivity contribution is 0.706. The van der Waals surface area contributed by atoms with Gasteiger partial charge in [0, 0.05) is 0 Å². The zero-order valence-electron chi connectivity index (χ0n) is 5.44. The average Bonchev–Trinajstić information content (AvgIpc) is 1.81. The van der Waals surface area contributed by atoms with E-state index >= 15 is 0 Å². The molecule has 0 N–H and O–H groups in total. The van der Waals surface area contributed by atoms with Crippen molar-refractivity contribution in [3.8, 4) is 0 Å². The van der Waals surface area contributed by atoms with Crippen molar-refractivity contribution in [3.05, 3.63) is 0 Å². The first-order valence-corrected chi connectivity index (χ1v) is 5.60. The molecule has 0 saturated carbocycles. The van der Waals surface area contributed by atoms with E-state index in [9.17, 15) is 0 Å². The van der Waals surface area contributed by atoms with Gasteiger partial charge in [0.25, 0.3) is 0 Å². The molecule has 0 fully saturated rings. The lowest BCUT2D eigenvalue weighted by Crippen LogP contribution is -1.74. The summed E-state index contributed by atoms with van der Waals surface area (Å²) in [6.07, 6.45) is 6.74. The van der Waals surface area contributed by atoms with E-state index in [4.69, 9.17) is 11.8 Å². The van der Waals surface area contributed by atoms with Crippen molar-refractivity contribution in [1.29, 1.82) is 0 Å². The third-order valence-corrected chi connectivity index (χ3v) is 2.30. The molecule has 0 saturated heterocycles. The minimum Gasteiger partial charge on any atom is -0.0654 e. The Morgan fingerprint density at radius 3 is 2.50 bits per heavy atom. The molecule has 1 unspecified atom stereocenters. The third kappa shape index (κ3) is 6.52. The highest BCUT2D eigenvalue weighted by molar-refractivity contribution is 7.96. The van der Waals surface area contributed by atoms with Gasteiger partial charge >= 0.3 is 0 Å². The minimum absolute atomic E-state index is 0.752. The van der Waals surface area contributed by atoms with Gasteiger partial charge in [0.2, 0.25) is 0 Å². The lowest BCUT2D eigenvalue weighted by Gasteiger charge is -1.87. The van der Waals surface area contributed by atoms with Crippen LogP contribution in [0.3, 0.4) is 0 Å². The molecule has 0 amide bonds. The molecule has 0 aliphatic heterocycles. The Morgan fingerprint density at radius 2 is 2.00 bits per heavy atom. The van der Waals surface area contributed by atoms with E-state index < -0.39 is 0 Å². The first-order valence-electron chi connectivity index (χ1n) is 3.26. The van der Waals surface area contributed by atoms with E-state index in [-0.39, 0.29) is 0 Å². The number of hydrogen-bond donors (Lipinski definition) is 0. The minimum atomic E-state index is 0.752. The van der Waals surface area contributed by atoms with Crippen LogP contribution in [0.15, 0.2) is 0 Å². The summed E-state index contributed by atoms with van der Waals surface area (Å²) in [5.41, 5.74) is 0. The van der Waals surface area contributed by atoms with Crippen molar-refractivity contribution < 1.29 is 0 Å².